The molecule has 0 fully saturated rings. The Balaban J connectivity index is 2.47. The Bertz CT molecular complexity index is 345. The predicted molar refractivity (Wildman–Crippen MR) is 49.1 cm³/mol. The summed E-state index contributed by atoms with van der Waals surface area (Å²) < 4.78 is 0. The Labute approximate surface area is 70.8 Å². The average Bonchev–Trinajstić information content (AvgIpc) is 2.47. The van der Waals surface area contributed by atoms with Crippen molar-refractivity contribution >= 4 is 11.0 Å². The minimum absolute atomic E-state index is 0.661. The molecule has 0 saturated carbocycles. The number of para-hydroxylation sites is 2. The number of fused-ring (bicyclic) bond motifs is 1. The zero-order valence-corrected chi connectivity index (χ0v) is 6.91. The molecule has 0 radical (unpaired) electrons. The van der Waals surface area contributed by atoms with E-state index < -0.39 is 0 Å². The number of nitrogens with zero attached hydrogens (tertiary/aromatic N) is 2. The van der Waals surface area contributed by atoms with E-state index in [1.54, 1.807) is 7.05 Å². The largest absolute Gasteiger partial charge is 0.659 e. The monoisotopic (exact) mass is 160 g/mol. The Morgan fingerprint density at radius 3 is 3.00 bits per heavy atom. The summed E-state index contributed by atoms with van der Waals surface area (Å²) in [6, 6.07) is 7.98. The van der Waals surface area contributed by atoms with E-state index in [9.17, 15) is 0 Å². The summed E-state index contributed by atoms with van der Waals surface area (Å²) in [7, 11) is 1.78. The fourth-order valence-electron chi connectivity index (χ4n) is 1.23. The number of hydrogen-bond acceptors (Lipinski definition) is 1. The second-order valence-electron chi connectivity index (χ2n) is 2.67. The van der Waals surface area contributed by atoms with Gasteiger partial charge in [0.05, 0.1) is 16.9 Å². The smallest absolute Gasteiger partial charge is 0.0885 e. The Morgan fingerprint density at radius 2 is 2.25 bits per heavy atom. The fourth-order valence-corrected chi connectivity index (χ4v) is 1.23. The van der Waals surface area contributed by atoms with Crippen LogP contribution in [0.25, 0.3) is 16.4 Å². The van der Waals surface area contributed by atoms with Crippen molar-refractivity contribution in [1.29, 1.82) is 0 Å². The highest BCUT2D eigenvalue weighted by atomic mass is 15.0. The summed E-state index contributed by atoms with van der Waals surface area (Å²) in [5.41, 5.74) is 2.09. The van der Waals surface area contributed by atoms with Crippen LogP contribution in [0.2, 0.25) is 0 Å². The third-order valence-corrected chi connectivity index (χ3v) is 1.75. The molecule has 0 aliphatic rings. The van der Waals surface area contributed by atoms with Crippen LogP contribution in [-0.4, -0.2) is 17.0 Å². The molecule has 1 N–H and O–H groups in total. The van der Waals surface area contributed by atoms with E-state index in [4.69, 9.17) is 0 Å². The molecule has 1 aromatic heterocycles. The summed E-state index contributed by atoms with van der Waals surface area (Å²) in [5.74, 6) is 0.929. The molecule has 0 spiro atoms. The van der Waals surface area contributed by atoms with E-state index in [0.717, 1.165) is 16.9 Å². The van der Waals surface area contributed by atoms with Crippen LogP contribution in [0.15, 0.2) is 24.3 Å². The Kier molecular flexibility index (Phi) is 1.80. The number of H-pyrrole nitrogens is 1. The van der Waals surface area contributed by atoms with Crippen LogP contribution in [0.4, 0.5) is 0 Å². The van der Waals surface area contributed by atoms with Crippen molar-refractivity contribution in [3.63, 3.8) is 0 Å². The third-order valence-electron chi connectivity index (χ3n) is 1.75. The molecule has 0 saturated heterocycles. The van der Waals surface area contributed by atoms with Crippen LogP contribution in [0.5, 0.6) is 0 Å². The minimum Gasteiger partial charge on any atom is -0.659 e. The van der Waals surface area contributed by atoms with E-state index in [1.165, 1.54) is 0 Å². The van der Waals surface area contributed by atoms with Crippen LogP contribution >= 0.6 is 0 Å². The van der Waals surface area contributed by atoms with E-state index in [0.29, 0.717) is 6.54 Å². The topological polar surface area (TPSA) is 42.8 Å². The lowest BCUT2D eigenvalue weighted by Crippen LogP contribution is -1.83. The number of nitrogens with one attached hydrogen (secondary N) is 1. The minimum atomic E-state index is 0.661. The van der Waals surface area contributed by atoms with E-state index in [-0.39, 0.29) is 0 Å². The van der Waals surface area contributed by atoms with Crippen LogP contribution < -0.4 is 0 Å². The van der Waals surface area contributed by atoms with E-state index in [2.05, 4.69) is 15.3 Å². The molecule has 0 bridgehead atoms. The highest BCUT2D eigenvalue weighted by Gasteiger charge is 1.95. The molecule has 1 heterocycles. The number of imidazole rings is 1. The maximum atomic E-state index is 4.35. The van der Waals surface area contributed by atoms with Gasteiger partial charge in [0.15, 0.2) is 0 Å². The summed E-state index contributed by atoms with van der Waals surface area (Å²) >= 11 is 0. The maximum Gasteiger partial charge on any atom is 0.0885 e. The van der Waals surface area contributed by atoms with Gasteiger partial charge >= 0.3 is 0 Å². The van der Waals surface area contributed by atoms with Crippen molar-refractivity contribution in [1.82, 2.24) is 9.97 Å². The first kappa shape index (κ1) is 7.31. The molecule has 0 atom stereocenters. The fraction of sp³-hybridized carbons (Fsp3) is 0.222. The lowest BCUT2D eigenvalue weighted by atomic mass is 10.3. The van der Waals surface area contributed by atoms with Crippen LogP contribution in [0.3, 0.4) is 0 Å². The van der Waals surface area contributed by atoms with Crippen molar-refractivity contribution in [3.8, 4) is 0 Å². The van der Waals surface area contributed by atoms with E-state index in [1.807, 2.05) is 24.3 Å². The molecule has 0 unspecified atom stereocenters. The van der Waals surface area contributed by atoms with Gasteiger partial charge in [0.1, 0.15) is 0 Å². The number of aromatic amines is 1. The molecule has 62 valence electrons. The molecule has 12 heavy (non-hydrogen) atoms. The van der Waals surface area contributed by atoms with Crippen molar-refractivity contribution in [2.75, 3.05) is 7.05 Å². The zero-order valence-electron chi connectivity index (χ0n) is 6.91. The standard InChI is InChI=1S/C9H10N3/c1-10-6-9-11-7-4-2-3-5-8(7)12-9/h2-5H,6H2,1H3,(H,11,12)/q-1. The number of rotatable bonds is 2. The lowest BCUT2D eigenvalue weighted by Gasteiger charge is -2.05. The summed E-state index contributed by atoms with van der Waals surface area (Å²) in [5, 5.41) is 4.01. The van der Waals surface area contributed by atoms with Gasteiger partial charge in [-0.1, -0.05) is 18.7 Å². The van der Waals surface area contributed by atoms with Gasteiger partial charge in [-0.15, -0.1) is 0 Å². The summed E-state index contributed by atoms with van der Waals surface area (Å²) in [6.07, 6.45) is 0. The first-order chi connectivity index (χ1) is 5.90. The molecule has 0 aliphatic carbocycles. The van der Waals surface area contributed by atoms with Crippen LogP contribution in [0, 0.1) is 0 Å². The zero-order chi connectivity index (χ0) is 8.39. The number of benzene rings is 1. The molecule has 0 amide bonds. The molecule has 2 aromatic rings. The number of hydrogen-bond donors (Lipinski definition) is 1. The quantitative estimate of drug-likeness (QED) is 0.718. The van der Waals surface area contributed by atoms with Gasteiger partial charge in [-0.3, -0.25) is 0 Å². The lowest BCUT2D eigenvalue weighted by molar-refractivity contribution is 1.03. The van der Waals surface area contributed by atoms with Gasteiger partial charge in [0.25, 0.3) is 0 Å². The van der Waals surface area contributed by atoms with Gasteiger partial charge < -0.3 is 10.3 Å². The normalized spacial score (nSPS) is 10.8. The molecule has 3 nitrogen and oxygen atoms in total. The van der Waals surface area contributed by atoms with Crippen LogP contribution in [-0.2, 0) is 6.54 Å². The van der Waals surface area contributed by atoms with Crippen molar-refractivity contribution in [2.45, 2.75) is 6.54 Å². The second-order valence-corrected chi connectivity index (χ2v) is 2.67. The van der Waals surface area contributed by atoms with Gasteiger partial charge in [-0.25, -0.2) is 4.98 Å². The van der Waals surface area contributed by atoms with Crippen molar-refractivity contribution < 1.29 is 0 Å². The van der Waals surface area contributed by atoms with Gasteiger partial charge in [0.2, 0.25) is 0 Å². The maximum absolute atomic E-state index is 4.35. The molecular formula is C9H10N3-. The summed E-state index contributed by atoms with van der Waals surface area (Å²) in [6.45, 7) is 0.661. The van der Waals surface area contributed by atoms with E-state index >= 15 is 0 Å². The Hall–Kier alpha value is -1.35. The molecule has 0 aliphatic heterocycles. The first-order valence-electron chi connectivity index (χ1n) is 3.89. The van der Waals surface area contributed by atoms with Gasteiger partial charge in [-0.2, -0.15) is 7.05 Å². The Morgan fingerprint density at radius 1 is 1.42 bits per heavy atom. The second kappa shape index (κ2) is 2.95. The third kappa shape index (κ3) is 1.19. The van der Waals surface area contributed by atoms with Crippen molar-refractivity contribution in [3.05, 3.63) is 35.4 Å². The molecule has 2 rings (SSSR count). The molecule has 1 aromatic carbocycles. The SMILES string of the molecule is C[N-]Cc1nc2ccccc2[nH]1. The highest BCUT2D eigenvalue weighted by Crippen LogP contribution is 2.10. The van der Waals surface area contributed by atoms with Crippen LogP contribution in [0.1, 0.15) is 5.82 Å². The predicted octanol–water partition coefficient (Wildman–Crippen LogP) is 2.07. The summed E-state index contributed by atoms with van der Waals surface area (Å²) in [4.78, 5) is 7.54. The number of aromatic nitrogens is 2. The molecular weight excluding hydrogens is 150 g/mol. The molecule has 3 heteroatoms. The average molecular weight is 160 g/mol. The van der Waals surface area contributed by atoms with Crippen molar-refractivity contribution in [2.24, 2.45) is 0 Å². The van der Waals surface area contributed by atoms with Gasteiger partial charge in [0, 0.05) is 0 Å². The first-order valence-corrected chi connectivity index (χ1v) is 3.89. The van der Waals surface area contributed by atoms with Gasteiger partial charge in [-0.05, 0) is 12.1 Å². The highest BCUT2D eigenvalue weighted by molar-refractivity contribution is 5.74.